The van der Waals surface area contributed by atoms with Crippen molar-refractivity contribution in [3.05, 3.63) is 22.2 Å². The Morgan fingerprint density at radius 2 is 2.21 bits per heavy atom. The van der Waals surface area contributed by atoms with Crippen LogP contribution >= 0.6 is 15.9 Å². The van der Waals surface area contributed by atoms with Gasteiger partial charge in [0.15, 0.2) is 11.5 Å². The van der Waals surface area contributed by atoms with E-state index in [-0.39, 0.29) is 11.9 Å². The zero-order valence-electron chi connectivity index (χ0n) is 10.9. The smallest absolute Gasteiger partial charge is 0.251 e. The van der Waals surface area contributed by atoms with Crippen molar-refractivity contribution in [1.82, 2.24) is 5.32 Å². The molecule has 1 amide bonds. The maximum absolute atomic E-state index is 12.1. The van der Waals surface area contributed by atoms with E-state index in [4.69, 9.17) is 14.2 Å². The summed E-state index contributed by atoms with van der Waals surface area (Å²) in [6, 6.07) is 3.36. The van der Waals surface area contributed by atoms with Crippen LogP contribution in [0, 0.1) is 0 Å². The van der Waals surface area contributed by atoms with Crippen LogP contribution in [-0.4, -0.2) is 38.9 Å². The van der Waals surface area contributed by atoms with Gasteiger partial charge in [-0.15, -0.1) is 0 Å². The summed E-state index contributed by atoms with van der Waals surface area (Å²) in [6.45, 7) is 3.36. The van der Waals surface area contributed by atoms with E-state index in [0.717, 1.165) is 0 Å². The number of hydrogen-bond acceptors (Lipinski definition) is 4. The fraction of sp³-hybridized carbons (Fsp3) is 0.462. The first-order valence-electron chi connectivity index (χ1n) is 6.00. The highest BCUT2D eigenvalue weighted by atomic mass is 79.9. The molecule has 1 atom stereocenters. The molecule has 1 aromatic rings. The molecule has 0 radical (unpaired) electrons. The zero-order chi connectivity index (χ0) is 13.8. The summed E-state index contributed by atoms with van der Waals surface area (Å²) in [4.78, 5) is 12.1. The molecule has 104 valence electrons. The highest BCUT2D eigenvalue weighted by molar-refractivity contribution is 9.10. The molecule has 0 unspecified atom stereocenters. The average molecular weight is 330 g/mol. The van der Waals surface area contributed by atoms with Gasteiger partial charge in [-0.05, 0) is 35.0 Å². The minimum atomic E-state index is -0.165. The predicted octanol–water partition coefficient (Wildman–Crippen LogP) is 1.98. The standard InChI is InChI=1S/C13H16BrNO4/c1-8(7-17-2)15-13(16)9-5-10(14)12-11(6-9)18-3-4-19-12/h5-6,8H,3-4,7H2,1-2H3,(H,15,16)/t8-/m1/s1. The predicted molar refractivity (Wildman–Crippen MR) is 73.9 cm³/mol. The van der Waals surface area contributed by atoms with Crippen molar-refractivity contribution in [3.63, 3.8) is 0 Å². The van der Waals surface area contributed by atoms with Crippen molar-refractivity contribution in [2.24, 2.45) is 0 Å². The van der Waals surface area contributed by atoms with E-state index in [1.165, 1.54) is 0 Å². The van der Waals surface area contributed by atoms with Crippen LogP contribution < -0.4 is 14.8 Å². The Balaban J connectivity index is 2.16. The summed E-state index contributed by atoms with van der Waals surface area (Å²) in [6.07, 6.45) is 0. The number of ether oxygens (including phenoxy) is 3. The third-order valence-electron chi connectivity index (χ3n) is 2.65. The average Bonchev–Trinajstić information content (AvgIpc) is 2.39. The molecule has 0 spiro atoms. The van der Waals surface area contributed by atoms with E-state index >= 15 is 0 Å². The molecule has 0 aliphatic carbocycles. The Kier molecular flexibility index (Phi) is 4.66. The monoisotopic (exact) mass is 329 g/mol. The van der Waals surface area contributed by atoms with Crippen molar-refractivity contribution in [1.29, 1.82) is 0 Å². The molecule has 1 aliphatic heterocycles. The molecule has 1 N–H and O–H groups in total. The normalized spacial score (nSPS) is 14.9. The SMILES string of the molecule is COC[C@@H](C)NC(=O)c1cc(Br)c2c(c1)OCCO2. The van der Waals surface area contributed by atoms with Crippen molar-refractivity contribution < 1.29 is 19.0 Å². The second kappa shape index (κ2) is 6.25. The number of carbonyl (C=O) groups excluding carboxylic acids is 1. The number of amides is 1. The van der Waals surface area contributed by atoms with Crippen LogP contribution in [0.4, 0.5) is 0 Å². The molecule has 1 heterocycles. The van der Waals surface area contributed by atoms with Gasteiger partial charge in [-0.25, -0.2) is 0 Å². The lowest BCUT2D eigenvalue weighted by Gasteiger charge is -2.20. The molecule has 19 heavy (non-hydrogen) atoms. The van der Waals surface area contributed by atoms with E-state index in [1.54, 1.807) is 19.2 Å². The van der Waals surface area contributed by atoms with E-state index in [9.17, 15) is 4.79 Å². The number of fused-ring (bicyclic) bond motifs is 1. The Morgan fingerprint density at radius 1 is 1.47 bits per heavy atom. The summed E-state index contributed by atoms with van der Waals surface area (Å²) < 4.78 is 16.7. The van der Waals surface area contributed by atoms with Crippen molar-refractivity contribution >= 4 is 21.8 Å². The molecule has 0 fully saturated rings. The number of benzene rings is 1. The molecule has 2 rings (SSSR count). The van der Waals surface area contributed by atoms with Crippen molar-refractivity contribution in [2.45, 2.75) is 13.0 Å². The fourth-order valence-electron chi connectivity index (χ4n) is 1.84. The first kappa shape index (κ1) is 14.1. The summed E-state index contributed by atoms with van der Waals surface area (Å²) in [5.74, 6) is 1.07. The topological polar surface area (TPSA) is 56.8 Å². The lowest BCUT2D eigenvalue weighted by molar-refractivity contribution is 0.0904. The molecule has 0 saturated carbocycles. The van der Waals surface area contributed by atoms with Gasteiger partial charge in [0.1, 0.15) is 13.2 Å². The third kappa shape index (κ3) is 3.39. The van der Waals surface area contributed by atoms with Crippen molar-refractivity contribution in [2.75, 3.05) is 26.9 Å². The summed E-state index contributed by atoms with van der Waals surface area (Å²) in [5.41, 5.74) is 0.527. The van der Waals surface area contributed by atoms with Gasteiger partial charge in [-0.3, -0.25) is 4.79 Å². The number of rotatable bonds is 4. The van der Waals surface area contributed by atoms with E-state index in [2.05, 4.69) is 21.2 Å². The highest BCUT2D eigenvalue weighted by Crippen LogP contribution is 2.38. The number of halogens is 1. The second-order valence-corrected chi connectivity index (χ2v) is 5.17. The van der Waals surface area contributed by atoms with Crippen LogP contribution in [0.2, 0.25) is 0 Å². The first-order chi connectivity index (χ1) is 9.11. The largest absolute Gasteiger partial charge is 0.486 e. The van der Waals surface area contributed by atoms with E-state index in [1.807, 2.05) is 6.92 Å². The van der Waals surface area contributed by atoms with E-state index in [0.29, 0.717) is 41.4 Å². The maximum Gasteiger partial charge on any atom is 0.251 e. The highest BCUT2D eigenvalue weighted by Gasteiger charge is 2.19. The maximum atomic E-state index is 12.1. The van der Waals surface area contributed by atoms with Gasteiger partial charge in [0.05, 0.1) is 11.1 Å². The number of hydrogen-bond donors (Lipinski definition) is 1. The molecule has 5 nitrogen and oxygen atoms in total. The Labute approximate surface area is 120 Å². The summed E-state index contributed by atoms with van der Waals surface area (Å²) in [7, 11) is 1.60. The number of carbonyl (C=O) groups is 1. The van der Waals surface area contributed by atoms with Crippen LogP contribution in [0.15, 0.2) is 16.6 Å². The van der Waals surface area contributed by atoms with Crippen LogP contribution in [-0.2, 0) is 4.74 Å². The van der Waals surface area contributed by atoms with Crippen LogP contribution in [0.5, 0.6) is 11.5 Å². The molecular weight excluding hydrogens is 314 g/mol. The van der Waals surface area contributed by atoms with Gasteiger partial charge < -0.3 is 19.5 Å². The van der Waals surface area contributed by atoms with Crippen molar-refractivity contribution in [3.8, 4) is 11.5 Å². The summed E-state index contributed by atoms with van der Waals surface area (Å²) in [5, 5.41) is 2.85. The molecule has 1 aliphatic rings. The van der Waals surface area contributed by atoms with Gasteiger partial charge in [-0.2, -0.15) is 0 Å². The fourth-order valence-corrected chi connectivity index (χ4v) is 2.40. The minimum absolute atomic E-state index is 0.0514. The second-order valence-electron chi connectivity index (χ2n) is 4.31. The molecule has 1 aromatic carbocycles. The lowest BCUT2D eigenvalue weighted by atomic mass is 10.1. The van der Waals surface area contributed by atoms with Gasteiger partial charge in [-0.1, -0.05) is 0 Å². The van der Waals surface area contributed by atoms with Gasteiger partial charge >= 0.3 is 0 Å². The minimum Gasteiger partial charge on any atom is -0.486 e. The Hall–Kier alpha value is -1.27. The number of nitrogens with one attached hydrogen (secondary N) is 1. The van der Waals surface area contributed by atoms with Crippen LogP contribution in [0.25, 0.3) is 0 Å². The molecule has 6 heteroatoms. The molecular formula is C13H16BrNO4. The molecule has 0 bridgehead atoms. The van der Waals surface area contributed by atoms with E-state index < -0.39 is 0 Å². The van der Waals surface area contributed by atoms with Gasteiger partial charge in [0.25, 0.3) is 5.91 Å². The Morgan fingerprint density at radius 3 is 2.95 bits per heavy atom. The van der Waals surface area contributed by atoms with Crippen LogP contribution in [0.1, 0.15) is 17.3 Å². The molecule has 0 saturated heterocycles. The first-order valence-corrected chi connectivity index (χ1v) is 6.80. The zero-order valence-corrected chi connectivity index (χ0v) is 12.5. The number of methoxy groups -OCH3 is 1. The quantitative estimate of drug-likeness (QED) is 0.917. The lowest BCUT2D eigenvalue weighted by Crippen LogP contribution is -2.35. The van der Waals surface area contributed by atoms with Gasteiger partial charge in [0.2, 0.25) is 0 Å². The van der Waals surface area contributed by atoms with Crippen LogP contribution in [0.3, 0.4) is 0 Å². The molecule has 0 aromatic heterocycles. The Bertz CT molecular complexity index is 478. The summed E-state index contributed by atoms with van der Waals surface area (Å²) >= 11 is 3.39. The third-order valence-corrected chi connectivity index (χ3v) is 3.24. The van der Waals surface area contributed by atoms with Gasteiger partial charge in [0, 0.05) is 18.7 Å².